The van der Waals surface area contributed by atoms with Gasteiger partial charge in [0.15, 0.2) is 10.9 Å². The molecule has 0 aliphatic rings. The number of nitrogens with zero attached hydrogens (tertiary/aromatic N) is 3. The molecular formula is C22H17N5O4S2. The third-order valence-corrected chi connectivity index (χ3v) is 6.65. The summed E-state index contributed by atoms with van der Waals surface area (Å²) in [5.74, 6) is 0.0938. The Morgan fingerprint density at radius 2 is 2.03 bits per heavy atom. The second kappa shape index (κ2) is 8.60. The molecule has 2 N–H and O–H groups in total. The molecule has 0 aliphatic heterocycles. The van der Waals surface area contributed by atoms with Gasteiger partial charge >= 0.3 is 0 Å². The fraction of sp³-hybridized carbons (Fsp3) is 0.136. The highest BCUT2D eigenvalue weighted by atomic mass is 32.1. The highest BCUT2D eigenvalue weighted by molar-refractivity contribution is 7.17. The first-order valence-corrected chi connectivity index (χ1v) is 11.6. The molecule has 5 aromatic heterocycles. The number of anilines is 1. The highest BCUT2D eigenvalue weighted by Crippen LogP contribution is 2.32. The molecule has 0 saturated heterocycles. The van der Waals surface area contributed by atoms with Crippen molar-refractivity contribution in [3.8, 4) is 22.0 Å². The normalized spacial score (nSPS) is 11.1. The van der Waals surface area contributed by atoms with Gasteiger partial charge < -0.3 is 14.3 Å². The fourth-order valence-corrected chi connectivity index (χ4v) is 4.94. The molecule has 0 aliphatic carbocycles. The molecule has 0 aromatic carbocycles. The second-order valence-corrected chi connectivity index (χ2v) is 9.17. The maximum atomic E-state index is 13.2. The summed E-state index contributed by atoms with van der Waals surface area (Å²) in [5, 5.41) is 12.5. The minimum atomic E-state index is -0.347. The molecule has 0 saturated carbocycles. The van der Waals surface area contributed by atoms with E-state index >= 15 is 0 Å². The van der Waals surface area contributed by atoms with Crippen LogP contribution in [0.2, 0.25) is 0 Å². The molecule has 33 heavy (non-hydrogen) atoms. The van der Waals surface area contributed by atoms with E-state index in [0.717, 1.165) is 15.4 Å². The number of thiophene rings is 1. The Balaban J connectivity index is 1.40. The zero-order chi connectivity index (χ0) is 22.9. The van der Waals surface area contributed by atoms with Crippen molar-refractivity contribution in [3.05, 3.63) is 58.1 Å². The molecule has 9 nitrogen and oxygen atoms in total. The summed E-state index contributed by atoms with van der Waals surface area (Å²) < 4.78 is 10.7. The molecule has 5 aromatic rings. The first-order valence-electron chi connectivity index (χ1n) is 9.89. The molecule has 0 atom stereocenters. The van der Waals surface area contributed by atoms with Crippen LogP contribution in [0.1, 0.15) is 27.9 Å². The summed E-state index contributed by atoms with van der Waals surface area (Å²) >= 11 is 2.87. The van der Waals surface area contributed by atoms with Crippen LogP contribution in [0.5, 0.6) is 0 Å². The lowest BCUT2D eigenvalue weighted by Crippen LogP contribution is -2.17. The second-order valence-electron chi connectivity index (χ2n) is 7.15. The van der Waals surface area contributed by atoms with E-state index in [4.69, 9.17) is 8.94 Å². The molecule has 2 amide bonds. The number of aromatic nitrogens is 3. The van der Waals surface area contributed by atoms with Gasteiger partial charge in [-0.2, -0.15) is 0 Å². The van der Waals surface area contributed by atoms with E-state index in [9.17, 15) is 9.59 Å². The topological polar surface area (TPSA) is 123 Å². The lowest BCUT2D eigenvalue weighted by Gasteiger charge is -2.05. The number of pyridine rings is 1. The number of hydrogen-bond acceptors (Lipinski definition) is 9. The van der Waals surface area contributed by atoms with Crippen molar-refractivity contribution in [1.29, 1.82) is 0 Å². The summed E-state index contributed by atoms with van der Waals surface area (Å²) in [4.78, 5) is 35.2. The number of fused-ring (bicyclic) bond motifs is 1. The molecule has 0 spiro atoms. The van der Waals surface area contributed by atoms with Crippen LogP contribution < -0.4 is 10.6 Å². The number of furan rings is 1. The van der Waals surface area contributed by atoms with Crippen LogP contribution >= 0.6 is 22.7 Å². The van der Waals surface area contributed by atoms with E-state index in [1.165, 1.54) is 35.9 Å². The molecular weight excluding hydrogens is 462 g/mol. The first-order chi connectivity index (χ1) is 16.0. The van der Waals surface area contributed by atoms with Crippen molar-refractivity contribution in [3.63, 3.8) is 0 Å². The largest absolute Gasteiger partial charge is 0.463 e. The van der Waals surface area contributed by atoms with Gasteiger partial charge in [0.25, 0.3) is 11.6 Å². The standard InChI is InChI=1S/C22H17N5O4S2/c1-11-19-14(8-15(17-4-3-7-30-17)24-21(19)31-27-11)20(29)26-22-25-16(10-32-22)18-6-5-13(33-18)9-23-12(2)28/h3-8,10H,9H2,1-2H3,(H,23,28)(H,25,26,29). The summed E-state index contributed by atoms with van der Waals surface area (Å²) in [6, 6.07) is 9.06. The molecule has 0 unspecified atom stereocenters. The van der Waals surface area contributed by atoms with Gasteiger partial charge in [0, 0.05) is 17.2 Å². The van der Waals surface area contributed by atoms with Crippen LogP contribution in [0.25, 0.3) is 33.1 Å². The quantitative estimate of drug-likeness (QED) is 0.356. The molecule has 5 rings (SSSR count). The number of amides is 2. The molecule has 0 radical (unpaired) electrons. The van der Waals surface area contributed by atoms with Gasteiger partial charge in [-0.25, -0.2) is 9.97 Å². The van der Waals surface area contributed by atoms with Crippen molar-refractivity contribution in [2.45, 2.75) is 20.4 Å². The zero-order valence-electron chi connectivity index (χ0n) is 17.5. The van der Waals surface area contributed by atoms with E-state index in [1.54, 1.807) is 25.1 Å². The van der Waals surface area contributed by atoms with E-state index in [-0.39, 0.29) is 17.5 Å². The number of hydrogen-bond donors (Lipinski definition) is 2. The van der Waals surface area contributed by atoms with Gasteiger partial charge in [0.2, 0.25) is 5.91 Å². The van der Waals surface area contributed by atoms with Crippen molar-refractivity contribution in [1.82, 2.24) is 20.4 Å². The van der Waals surface area contributed by atoms with Crippen LogP contribution in [0.4, 0.5) is 5.13 Å². The van der Waals surface area contributed by atoms with Crippen LogP contribution in [-0.2, 0) is 11.3 Å². The van der Waals surface area contributed by atoms with Crippen molar-refractivity contribution in [2.75, 3.05) is 5.32 Å². The predicted molar refractivity (Wildman–Crippen MR) is 125 cm³/mol. The van der Waals surface area contributed by atoms with Crippen LogP contribution in [0.15, 0.2) is 50.9 Å². The van der Waals surface area contributed by atoms with E-state index in [1.807, 2.05) is 17.5 Å². The smallest absolute Gasteiger partial charge is 0.259 e. The van der Waals surface area contributed by atoms with Crippen molar-refractivity contribution in [2.24, 2.45) is 0 Å². The number of rotatable bonds is 6. The van der Waals surface area contributed by atoms with Gasteiger partial charge in [-0.1, -0.05) is 5.16 Å². The van der Waals surface area contributed by atoms with E-state index in [0.29, 0.717) is 39.8 Å². The Labute approximate surface area is 195 Å². The molecule has 0 fully saturated rings. The summed E-state index contributed by atoms with van der Waals surface area (Å²) in [6.07, 6.45) is 1.54. The fourth-order valence-electron chi connectivity index (χ4n) is 3.26. The zero-order valence-corrected chi connectivity index (χ0v) is 19.2. The van der Waals surface area contributed by atoms with Crippen LogP contribution in [-0.4, -0.2) is 26.9 Å². The lowest BCUT2D eigenvalue weighted by molar-refractivity contribution is -0.119. The number of aryl methyl sites for hydroxylation is 1. The van der Waals surface area contributed by atoms with E-state index < -0.39 is 0 Å². The van der Waals surface area contributed by atoms with E-state index in [2.05, 4.69) is 25.8 Å². The number of carbonyl (C=O) groups excluding carboxylic acids is 2. The number of carbonyl (C=O) groups is 2. The van der Waals surface area contributed by atoms with Gasteiger partial charge in [0.1, 0.15) is 5.69 Å². The maximum absolute atomic E-state index is 13.2. The van der Waals surface area contributed by atoms with Gasteiger partial charge in [-0.15, -0.1) is 22.7 Å². The average Bonchev–Trinajstić information content (AvgIpc) is 3.59. The third kappa shape index (κ3) is 4.28. The monoisotopic (exact) mass is 479 g/mol. The Morgan fingerprint density at radius 1 is 1.15 bits per heavy atom. The van der Waals surface area contributed by atoms with Gasteiger partial charge in [-0.3, -0.25) is 14.9 Å². The Hall–Kier alpha value is -3.83. The summed E-state index contributed by atoms with van der Waals surface area (Å²) in [5.41, 5.74) is 2.43. The molecule has 11 heteroatoms. The molecule has 166 valence electrons. The predicted octanol–water partition coefficient (Wildman–Crippen LogP) is 4.86. The van der Waals surface area contributed by atoms with Gasteiger partial charge in [0.05, 0.1) is 40.0 Å². The SMILES string of the molecule is CC(=O)NCc1ccc(-c2csc(NC(=O)c3cc(-c4ccco4)nc4onc(C)c34)n2)s1. The molecule has 0 bridgehead atoms. The summed E-state index contributed by atoms with van der Waals surface area (Å²) in [7, 11) is 0. The number of nitrogens with one attached hydrogen (secondary N) is 2. The van der Waals surface area contributed by atoms with Crippen LogP contribution in [0, 0.1) is 6.92 Å². The molecule has 5 heterocycles. The van der Waals surface area contributed by atoms with Crippen molar-refractivity contribution < 1.29 is 18.5 Å². The van der Waals surface area contributed by atoms with Crippen LogP contribution in [0.3, 0.4) is 0 Å². The van der Waals surface area contributed by atoms with Gasteiger partial charge in [-0.05, 0) is 37.3 Å². The minimum Gasteiger partial charge on any atom is -0.463 e. The highest BCUT2D eigenvalue weighted by Gasteiger charge is 2.21. The summed E-state index contributed by atoms with van der Waals surface area (Å²) in [6.45, 7) is 3.72. The average molecular weight is 480 g/mol. The maximum Gasteiger partial charge on any atom is 0.259 e. The Morgan fingerprint density at radius 3 is 2.82 bits per heavy atom. The Kier molecular flexibility index (Phi) is 5.48. The first kappa shape index (κ1) is 21.0. The lowest BCUT2D eigenvalue weighted by atomic mass is 10.1. The minimum absolute atomic E-state index is 0.0768. The van der Waals surface area contributed by atoms with Crippen molar-refractivity contribution >= 4 is 50.7 Å². The third-order valence-electron chi connectivity index (χ3n) is 4.79. The number of thiazole rings is 1. The Bertz CT molecular complexity index is 1470.